The Bertz CT molecular complexity index is 1630. The molecule has 1 saturated heterocycles. The van der Waals surface area contributed by atoms with Gasteiger partial charge in [-0.1, -0.05) is 23.2 Å². The van der Waals surface area contributed by atoms with Crippen LogP contribution in [-0.2, 0) is 17.8 Å². The number of benzene rings is 1. The molecule has 2 N–H and O–H groups in total. The predicted molar refractivity (Wildman–Crippen MR) is 161 cm³/mol. The minimum atomic E-state index is -5.08. The van der Waals surface area contributed by atoms with Crippen molar-refractivity contribution >= 4 is 40.8 Å². The number of nitriles is 1. The summed E-state index contributed by atoms with van der Waals surface area (Å²) >= 11 is 12.6. The number of carboxylic acid groups (broad SMARTS) is 1. The summed E-state index contributed by atoms with van der Waals surface area (Å²) in [6.45, 7) is 5.69. The molecule has 15 heteroatoms. The van der Waals surface area contributed by atoms with Crippen molar-refractivity contribution in [1.82, 2.24) is 29.2 Å². The number of carboxylic acids is 1. The van der Waals surface area contributed by atoms with E-state index < -0.39 is 12.1 Å². The van der Waals surface area contributed by atoms with Gasteiger partial charge in [0.25, 0.3) is 0 Å². The molecule has 4 heterocycles. The van der Waals surface area contributed by atoms with Gasteiger partial charge in [0.05, 0.1) is 22.0 Å². The van der Waals surface area contributed by atoms with Gasteiger partial charge in [0.15, 0.2) is 0 Å². The Morgan fingerprint density at radius 3 is 2.43 bits per heavy atom. The largest absolute Gasteiger partial charge is 0.490 e. The Kier molecular flexibility index (Phi) is 11.0. The van der Waals surface area contributed by atoms with Gasteiger partial charge in [0.1, 0.15) is 11.7 Å². The Balaban J connectivity index is 0.000000566. The van der Waals surface area contributed by atoms with Crippen LogP contribution < -0.4 is 5.32 Å². The van der Waals surface area contributed by atoms with E-state index in [1.807, 2.05) is 28.7 Å². The number of alkyl halides is 3. The summed E-state index contributed by atoms with van der Waals surface area (Å²) in [4.78, 5) is 27.9. The zero-order valence-corrected chi connectivity index (χ0v) is 25.2. The number of likely N-dealkylation sites (N-methyl/N-ethyl adjacent to an activating group) is 1. The molecule has 4 aromatic rings. The number of rotatable bonds is 8. The Morgan fingerprint density at radius 2 is 1.82 bits per heavy atom. The van der Waals surface area contributed by atoms with E-state index in [1.165, 1.54) is 0 Å². The molecule has 1 fully saturated rings. The van der Waals surface area contributed by atoms with Crippen molar-refractivity contribution in [3.63, 3.8) is 0 Å². The molecule has 5 rings (SSSR count). The molecular formula is C29H29Cl2F3N8O2. The van der Waals surface area contributed by atoms with E-state index in [-0.39, 0.29) is 0 Å². The fraction of sp³-hybridized carbons (Fsp3) is 0.345. The molecule has 1 aromatic carbocycles. The standard InChI is InChI=1S/C27H28Cl2N8.C2HF3O2/c1-35-9-11-36(12-10-35)17-22-18-37-26(33-22)14-25(23-7-5-20(28)13-24(23)29)34-27(37)31-8-2-3-21-6-4-19(15-30)16-32-21;3-2(4,5)1(6)7/h4-7,13-14,16,18H,2-3,8-12,17H2,1H3,(H,31,34);(H,6,7). The van der Waals surface area contributed by atoms with Crippen LogP contribution in [0.3, 0.4) is 0 Å². The monoisotopic (exact) mass is 648 g/mol. The summed E-state index contributed by atoms with van der Waals surface area (Å²) in [5.74, 6) is -2.05. The van der Waals surface area contributed by atoms with Crippen molar-refractivity contribution in [3.8, 4) is 17.3 Å². The van der Waals surface area contributed by atoms with E-state index in [1.54, 1.807) is 18.3 Å². The number of piperazine rings is 1. The molecule has 0 saturated carbocycles. The zero-order valence-electron chi connectivity index (χ0n) is 23.7. The first kappa shape index (κ1) is 32.9. The molecule has 0 spiro atoms. The number of hydrogen-bond donors (Lipinski definition) is 2. The van der Waals surface area contributed by atoms with Crippen molar-refractivity contribution < 1.29 is 23.1 Å². The number of fused-ring (bicyclic) bond motifs is 1. The highest BCUT2D eigenvalue weighted by molar-refractivity contribution is 6.36. The second-order valence-electron chi connectivity index (χ2n) is 10.1. The molecule has 3 aromatic heterocycles. The SMILES string of the molecule is CN1CCN(Cc2cn3c(NCCCc4ccc(C#N)cn4)nc(-c4ccc(Cl)cc4Cl)cc3n2)CC1.O=C(O)C(F)(F)F. The average molecular weight is 650 g/mol. The van der Waals surface area contributed by atoms with Gasteiger partial charge in [-0.15, -0.1) is 0 Å². The minimum Gasteiger partial charge on any atom is -0.475 e. The molecule has 0 atom stereocenters. The number of aromatic nitrogens is 4. The highest BCUT2D eigenvalue weighted by Gasteiger charge is 2.38. The summed E-state index contributed by atoms with van der Waals surface area (Å²) in [5.41, 5.74) is 4.90. The lowest BCUT2D eigenvalue weighted by Gasteiger charge is -2.31. The summed E-state index contributed by atoms with van der Waals surface area (Å²) < 4.78 is 33.7. The van der Waals surface area contributed by atoms with Crippen LogP contribution in [-0.4, -0.2) is 86.2 Å². The minimum absolute atomic E-state index is 0.548. The first-order valence-corrected chi connectivity index (χ1v) is 14.3. The lowest BCUT2D eigenvalue weighted by Crippen LogP contribution is -2.43. The van der Waals surface area contributed by atoms with Crippen molar-refractivity contribution in [2.45, 2.75) is 25.6 Å². The maximum atomic E-state index is 10.6. The topological polar surface area (TPSA) is 123 Å². The third-order valence-electron chi connectivity index (χ3n) is 6.78. The lowest BCUT2D eigenvalue weighted by atomic mass is 10.1. The zero-order chi connectivity index (χ0) is 31.9. The maximum Gasteiger partial charge on any atom is 0.490 e. The van der Waals surface area contributed by atoms with Gasteiger partial charge in [-0.25, -0.2) is 14.8 Å². The third-order valence-corrected chi connectivity index (χ3v) is 7.33. The van der Waals surface area contributed by atoms with Crippen LogP contribution in [0.15, 0.2) is 48.8 Å². The number of aryl methyl sites for hydroxylation is 1. The summed E-state index contributed by atoms with van der Waals surface area (Å²) in [6.07, 6.45) is 0.249. The number of nitrogens with zero attached hydrogens (tertiary/aromatic N) is 7. The van der Waals surface area contributed by atoms with Crippen LogP contribution in [0, 0.1) is 11.3 Å². The number of nitrogens with one attached hydrogen (secondary N) is 1. The first-order chi connectivity index (χ1) is 20.9. The third kappa shape index (κ3) is 9.03. The number of halogens is 5. The maximum absolute atomic E-state index is 10.6. The predicted octanol–water partition coefficient (Wildman–Crippen LogP) is 5.40. The number of carbonyl (C=O) groups is 1. The van der Waals surface area contributed by atoms with Crippen LogP contribution in [0.5, 0.6) is 0 Å². The van der Waals surface area contributed by atoms with Crippen LogP contribution in [0.1, 0.15) is 23.4 Å². The fourth-order valence-electron chi connectivity index (χ4n) is 4.42. The first-order valence-electron chi connectivity index (χ1n) is 13.6. The molecule has 0 aliphatic carbocycles. The van der Waals surface area contributed by atoms with Gasteiger partial charge in [-0.2, -0.15) is 18.4 Å². The smallest absolute Gasteiger partial charge is 0.475 e. The molecular weight excluding hydrogens is 620 g/mol. The molecule has 0 bridgehead atoms. The van der Waals surface area contributed by atoms with E-state index in [9.17, 15) is 13.2 Å². The highest BCUT2D eigenvalue weighted by Crippen LogP contribution is 2.31. The average Bonchev–Trinajstić information content (AvgIpc) is 3.39. The number of imidazole rings is 1. The van der Waals surface area contributed by atoms with E-state index in [2.05, 4.69) is 39.4 Å². The van der Waals surface area contributed by atoms with Crippen molar-refractivity contribution in [2.24, 2.45) is 0 Å². The van der Waals surface area contributed by atoms with E-state index in [4.69, 9.17) is 48.3 Å². The van der Waals surface area contributed by atoms with Crippen molar-refractivity contribution in [2.75, 3.05) is 45.1 Å². The van der Waals surface area contributed by atoms with E-state index in [0.29, 0.717) is 28.1 Å². The molecule has 232 valence electrons. The van der Waals surface area contributed by atoms with Crippen LogP contribution in [0.2, 0.25) is 10.0 Å². The normalized spacial score (nSPS) is 14.1. The second-order valence-corrected chi connectivity index (χ2v) is 11.0. The number of aliphatic carboxylic acids is 1. The lowest BCUT2D eigenvalue weighted by molar-refractivity contribution is -0.192. The highest BCUT2D eigenvalue weighted by atomic mass is 35.5. The molecule has 0 amide bonds. The van der Waals surface area contributed by atoms with Gasteiger partial charge in [-0.05, 0) is 50.2 Å². The molecule has 0 radical (unpaired) electrons. The summed E-state index contributed by atoms with van der Waals surface area (Å²) in [6, 6.07) is 13.2. The van der Waals surface area contributed by atoms with E-state index in [0.717, 1.165) is 73.9 Å². The van der Waals surface area contributed by atoms with Crippen LogP contribution in [0.4, 0.5) is 19.1 Å². The van der Waals surface area contributed by atoms with Crippen molar-refractivity contribution in [3.05, 3.63) is 75.8 Å². The Hall–Kier alpha value is -3.96. The number of anilines is 1. The van der Waals surface area contributed by atoms with Gasteiger partial charge in [0, 0.05) is 74.0 Å². The molecule has 0 unspecified atom stereocenters. The van der Waals surface area contributed by atoms with Gasteiger partial charge < -0.3 is 15.3 Å². The van der Waals surface area contributed by atoms with Gasteiger partial charge >= 0.3 is 12.1 Å². The second kappa shape index (κ2) is 14.7. The quantitative estimate of drug-likeness (QED) is 0.242. The molecule has 44 heavy (non-hydrogen) atoms. The van der Waals surface area contributed by atoms with Gasteiger partial charge in [-0.3, -0.25) is 14.3 Å². The van der Waals surface area contributed by atoms with E-state index >= 15 is 0 Å². The summed E-state index contributed by atoms with van der Waals surface area (Å²) in [7, 11) is 2.16. The number of hydrogen-bond acceptors (Lipinski definition) is 8. The summed E-state index contributed by atoms with van der Waals surface area (Å²) in [5, 5.41) is 20.7. The molecule has 1 aliphatic heterocycles. The van der Waals surface area contributed by atoms with Crippen LogP contribution >= 0.6 is 23.2 Å². The fourth-order valence-corrected chi connectivity index (χ4v) is 4.92. The molecule has 10 nitrogen and oxygen atoms in total. The van der Waals surface area contributed by atoms with Crippen molar-refractivity contribution in [1.29, 1.82) is 5.26 Å². The van der Waals surface area contributed by atoms with Crippen LogP contribution in [0.25, 0.3) is 16.9 Å². The molecule has 1 aliphatic rings. The Morgan fingerprint density at radius 1 is 1.09 bits per heavy atom. The Labute approximate surface area is 261 Å². The number of pyridine rings is 1. The van der Waals surface area contributed by atoms with Gasteiger partial charge in [0.2, 0.25) is 5.95 Å².